The molecule has 78 heavy (non-hydrogen) atoms. The van der Waals surface area contributed by atoms with Gasteiger partial charge in [0.05, 0.1) is 38.6 Å². The van der Waals surface area contributed by atoms with Crippen molar-refractivity contribution in [1.29, 1.82) is 0 Å². The molecule has 0 saturated heterocycles. The van der Waals surface area contributed by atoms with Crippen LogP contribution in [-0.2, 0) is 48.5 Å². The molecule has 0 heterocycles. The molecule has 0 saturated carbocycles. The molecule has 0 fully saturated rings. The number of carboxylic acid groups (broad SMARTS) is 4. The molecule has 0 bridgehead atoms. The number of para-hydroxylation sites is 4. The van der Waals surface area contributed by atoms with Crippen LogP contribution in [0, 0.1) is 108 Å². The van der Waals surface area contributed by atoms with E-state index >= 15 is 0 Å². The second-order valence-electron chi connectivity index (χ2n) is 13.1. The van der Waals surface area contributed by atoms with Crippen molar-refractivity contribution in [2.75, 3.05) is 54.6 Å². The van der Waals surface area contributed by atoms with Gasteiger partial charge in [0.2, 0.25) is 0 Å². The number of ether oxygens (including phenoxy) is 4. The Morgan fingerprint density at radius 2 is 0.564 bits per heavy atom. The molecule has 32 heteroatoms. The summed E-state index contributed by atoms with van der Waals surface area (Å²) in [7, 11) is 5.85. The Hall–Kier alpha value is -5.94. The first-order valence-corrected chi connectivity index (χ1v) is 20.4. The number of methoxy groups -OCH3 is 4. The minimum atomic E-state index is -2.33. The summed E-state index contributed by atoms with van der Waals surface area (Å²) in [5.74, 6) is 0.863. The summed E-state index contributed by atoms with van der Waals surface area (Å²) in [6.07, 6.45) is 2.95. The third kappa shape index (κ3) is 54.8. The van der Waals surface area contributed by atoms with E-state index in [2.05, 4.69) is 20.0 Å². The first-order valence-electron chi connectivity index (χ1n) is 20.4. The number of rotatable bonds is 16. The summed E-state index contributed by atoms with van der Waals surface area (Å²) >= 11 is 0. The molecule has 4 rings (SSSR count). The quantitative estimate of drug-likeness (QED) is 0.0443. The van der Waals surface area contributed by atoms with Gasteiger partial charge < -0.3 is 110 Å². The van der Waals surface area contributed by atoms with Crippen molar-refractivity contribution < 1.29 is 205 Å². The van der Waals surface area contributed by atoms with Crippen LogP contribution in [0.1, 0.15) is 62.8 Å². The van der Waals surface area contributed by atoms with Crippen LogP contribution < -0.4 is 59.8 Å². The monoisotopic (exact) mass is 1490 g/mol. The van der Waals surface area contributed by atoms with E-state index in [-0.39, 0.29) is 151 Å². The maximum absolute atomic E-state index is 11.9. The van der Waals surface area contributed by atoms with E-state index in [1.165, 1.54) is 56.1 Å². The number of hydrogen-bond acceptors (Lipinski definition) is 26. The standard InChI is InChI=1S/2C19H22N2O4.2C3H6O.2CH2O3.2NO3.2Tb.2Zn/c2*1-24-16-8-3-6-14(18(16)22)12-20-10-5-11-21-13-15-7-4-9-17(25-2)19(15)23;2*1-3(2)4;4*2-1(3)4;;;;/h2*3-4,6-9,12-13,22-23H,5,10-11H2,1-2H3;2*1-2H3;2*(H2,2,3,4);;;;;;/q;;;;;;2*-1;2*+3;2*+2/p-8. The summed E-state index contributed by atoms with van der Waals surface area (Å²) in [5.41, 5.74) is 1.98. The number of aliphatic imine (C=N–C) groups is 4. The summed E-state index contributed by atoms with van der Waals surface area (Å²) in [4.78, 5) is 69.0. The Morgan fingerprint density at radius 1 is 0.423 bits per heavy atom. The molecule has 0 atom stereocenters. The Bertz CT molecular complexity index is 2060. The van der Waals surface area contributed by atoms with Crippen molar-refractivity contribution in [3.63, 3.8) is 0 Å². The van der Waals surface area contributed by atoms with Gasteiger partial charge in [-0.25, -0.2) is 0 Å². The maximum atomic E-state index is 11.9. The summed E-state index contributed by atoms with van der Waals surface area (Å²) in [6.45, 7) is 8.26. The van der Waals surface area contributed by atoms with E-state index in [0.29, 0.717) is 84.3 Å². The molecule has 0 unspecified atom stereocenters. The summed E-state index contributed by atoms with van der Waals surface area (Å²) in [5, 5.41) is 111. The predicted molar refractivity (Wildman–Crippen MR) is 253 cm³/mol. The minimum Gasteiger partial charge on any atom is -0.870 e. The van der Waals surface area contributed by atoms with Gasteiger partial charge in [0.25, 0.3) is 0 Å². The number of benzene rings is 4. The zero-order valence-corrected chi connectivity index (χ0v) is 53.4. The second kappa shape index (κ2) is 57.2. The van der Waals surface area contributed by atoms with Crippen molar-refractivity contribution in [2.45, 2.75) is 40.5 Å². The molecule has 4 aromatic rings. The summed E-state index contributed by atoms with van der Waals surface area (Å²) < 4.78 is 19.9. The van der Waals surface area contributed by atoms with E-state index in [1.807, 2.05) is 0 Å². The van der Waals surface area contributed by atoms with E-state index in [0.717, 1.165) is 0 Å². The third-order valence-corrected chi connectivity index (χ3v) is 6.99. The van der Waals surface area contributed by atoms with Crippen molar-refractivity contribution >= 4 is 48.7 Å². The van der Waals surface area contributed by atoms with Crippen LogP contribution in [0.5, 0.6) is 46.0 Å². The van der Waals surface area contributed by atoms with Gasteiger partial charge in [0, 0.05) is 51.0 Å². The third-order valence-electron chi connectivity index (χ3n) is 6.99. The van der Waals surface area contributed by atoms with Gasteiger partial charge in [-0.15, -0.1) is 0 Å². The van der Waals surface area contributed by atoms with Crippen LogP contribution in [0.25, 0.3) is 0 Å². The van der Waals surface area contributed by atoms with E-state index in [1.54, 1.807) is 97.7 Å². The Labute approximate surface area is 535 Å². The van der Waals surface area contributed by atoms with Crippen LogP contribution in [0.15, 0.2) is 92.8 Å². The molecule has 420 valence electrons. The molecular weight excluding hydrogens is 1440 g/mol. The van der Waals surface area contributed by atoms with Gasteiger partial charge in [0.15, 0.2) is 0 Å². The molecule has 0 aliphatic rings. The normalized spacial score (nSPS) is 9.13. The van der Waals surface area contributed by atoms with Crippen LogP contribution >= 0.6 is 0 Å². The van der Waals surface area contributed by atoms with Crippen molar-refractivity contribution in [3.05, 3.63) is 126 Å². The van der Waals surface area contributed by atoms with Crippen LogP contribution in [0.4, 0.5) is 9.59 Å². The average molecular weight is 1490 g/mol. The predicted octanol–water partition coefficient (Wildman–Crippen LogP) is -0.628. The minimum absolute atomic E-state index is 0. The SMILES string of the molecule is CC(C)=O.CC(C)=O.COc1cccc(C=NCCCN=Cc2cccc(OC)c2[O-])c1[O-].COc1cccc(C=NCCCN=Cc2cccc(OC)c2[O-])c1[O-].O=C([O-])[O-].O=C([O-])[O-].O=[N+]([O-])[O-].O=[N+]([O-])[O-].[Tb+3].[Tb+3].[Zn+2].[Zn+2]. The van der Waals surface area contributed by atoms with Crippen molar-refractivity contribution in [2.24, 2.45) is 20.0 Å². The van der Waals surface area contributed by atoms with Gasteiger partial charge in [-0.2, -0.15) is 0 Å². The van der Waals surface area contributed by atoms with Gasteiger partial charge in [-0.05, 0) is 99.4 Å². The second-order valence-corrected chi connectivity index (χ2v) is 13.1. The molecular formula is C46H52N6O22Tb2Zn2. The maximum Gasteiger partial charge on any atom is 3.00 e. The number of ketones is 2. The molecule has 0 aliphatic carbocycles. The molecule has 0 radical (unpaired) electrons. The number of nitrogens with zero attached hydrogens (tertiary/aromatic N) is 6. The fraction of sp³-hybridized carbons (Fsp3) is 0.304. The van der Waals surface area contributed by atoms with Gasteiger partial charge in [0.1, 0.15) is 34.6 Å². The first kappa shape index (κ1) is 88.7. The number of hydrogen-bond donors (Lipinski definition) is 0. The first-order chi connectivity index (χ1) is 34.7. The van der Waals surface area contributed by atoms with Gasteiger partial charge in [-0.1, -0.05) is 71.5 Å². The molecule has 0 N–H and O–H groups in total. The molecule has 4 aromatic carbocycles. The molecule has 0 aromatic heterocycles. The zero-order chi connectivity index (χ0) is 57.6. The fourth-order valence-corrected chi connectivity index (χ4v) is 4.34. The average Bonchev–Trinajstić information content (AvgIpc) is 3.29. The Balaban J connectivity index is -0.000000143. The number of carbonyl (C=O) groups excluding carboxylic acids is 4. The van der Waals surface area contributed by atoms with E-state index < -0.39 is 22.5 Å². The largest absolute Gasteiger partial charge is 3.00 e. The smallest absolute Gasteiger partial charge is 0.870 e. The molecule has 28 nitrogen and oxygen atoms in total. The topological polar surface area (TPSA) is 472 Å². The molecule has 0 amide bonds. The van der Waals surface area contributed by atoms with E-state index in [9.17, 15) is 30.0 Å². The Kier molecular flexibility index (Phi) is 65.1. The molecule has 0 aliphatic heterocycles. The van der Waals surface area contributed by atoms with Crippen LogP contribution in [0.3, 0.4) is 0 Å². The van der Waals surface area contributed by atoms with Gasteiger partial charge >= 0.3 is 116 Å². The molecule has 0 spiro atoms. The number of Topliss-reactive ketones (excluding diaryl/α,β-unsaturated/α-hetero) is 2. The summed E-state index contributed by atoms with van der Waals surface area (Å²) in [6, 6.07) is 20.3. The van der Waals surface area contributed by atoms with E-state index in [4.69, 9.17) is 79.6 Å². The zero-order valence-electron chi connectivity index (χ0n) is 43.2. The van der Waals surface area contributed by atoms with Gasteiger partial charge in [-0.3, -0.25) is 20.0 Å². The van der Waals surface area contributed by atoms with Crippen molar-refractivity contribution in [1.82, 2.24) is 0 Å². The van der Waals surface area contributed by atoms with Crippen molar-refractivity contribution in [3.8, 4) is 46.0 Å². The van der Waals surface area contributed by atoms with Crippen LogP contribution in [0.2, 0.25) is 0 Å². The van der Waals surface area contributed by atoms with Crippen LogP contribution in [-0.4, -0.2) is 114 Å². The fourth-order valence-electron chi connectivity index (χ4n) is 4.34. The number of carbonyl (C=O) groups is 4. The Morgan fingerprint density at radius 3 is 0.692 bits per heavy atom.